The summed E-state index contributed by atoms with van der Waals surface area (Å²) in [6.07, 6.45) is 1.95. The zero-order chi connectivity index (χ0) is 13.5. The van der Waals surface area contributed by atoms with Gasteiger partial charge in [0.2, 0.25) is 11.8 Å². The highest BCUT2D eigenvalue weighted by Crippen LogP contribution is 2.23. The van der Waals surface area contributed by atoms with Gasteiger partial charge in [0.1, 0.15) is 0 Å². The van der Waals surface area contributed by atoms with Crippen LogP contribution in [0.2, 0.25) is 0 Å². The highest BCUT2D eigenvalue weighted by atomic mass is 16.5. The molecule has 18 heavy (non-hydrogen) atoms. The quantitative estimate of drug-likeness (QED) is 0.747. The van der Waals surface area contributed by atoms with Gasteiger partial charge in [-0.05, 0) is 12.5 Å². The third-order valence-electron chi connectivity index (χ3n) is 2.52. The van der Waals surface area contributed by atoms with Crippen LogP contribution in [0.25, 0.3) is 0 Å². The van der Waals surface area contributed by atoms with Crippen LogP contribution < -0.4 is 21.1 Å². The van der Waals surface area contributed by atoms with Crippen LogP contribution in [0.15, 0.2) is 12.1 Å². The molecule has 0 aliphatic heterocycles. The molecule has 100 valence electrons. The molecule has 0 spiro atoms. The summed E-state index contributed by atoms with van der Waals surface area (Å²) in [5, 5.41) is 0. The minimum atomic E-state index is -0.407. The number of carbonyl (C=O) groups excluding carboxylic acids is 1. The Kier molecular flexibility index (Phi) is 5.23. The van der Waals surface area contributed by atoms with E-state index in [2.05, 4.69) is 11.9 Å². The lowest BCUT2D eigenvalue weighted by molar-refractivity contribution is -0.116. The van der Waals surface area contributed by atoms with E-state index in [1.54, 1.807) is 17.0 Å². The molecule has 0 aliphatic rings. The molecule has 1 amide bonds. The second-order valence-electron chi connectivity index (χ2n) is 4.01. The number of ether oxygens (including phenoxy) is 1. The predicted molar refractivity (Wildman–Crippen MR) is 71.5 cm³/mol. The summed E-state index contributed by atoms with van der Waals surface area (Å²) in [5.74, 6) is 0.599. The van der Waals surface area contributed by atoms with Crippen molar-refractivity contribution < 1.29 is 9.53 Å². The van der Waals surface area contributed by atoms with Crippen molar-refractivity contribution in [1.29, 1.82) is 0 Å². The van der Waals surface area contributed by atoms with Crippen molar-refractivity contribution in [3.63, 3.8) is 0 Å². The Morgan fingerprint density at radius 3 is 2.78 bits per heavy atom. The van der Waals surface area contributed by atoms with Crippen LogP contribution in [0, 0.1) is 0 Å². The molecule has 0 saturated heterocycles. The molecule has 0 fully saturated rings. The Morgan fingerprint density at radius 2 is 2.22 bits per heavy atom. The number of hydrogen-bond donors (Lipinski definition) is 2. The van der Waals surface area contributed by atoms with Gasteiger partial charge in [-0.3, -0.25) is 4.79 Å². The molecule has 0 radical (unpaired) electrons. The summed E-state index contributed by atoms with van der Waals surface area (Å²) in [5.41, 5.74) is 11.6. The van der Waals surface area contributed by atoms with E-state index in [-0.39, 0.29) is 6.54 Å². The van der Waals surface area contributed by atoms with Gasteiger partial charge in [0, 0.05) is 12.6 Å². The molecule has 0 saturated carbocycles. The molecule has 1 aromatic rings. The third-order valence-corrected chi connectivity index (χ3v) is 2.52. The van der Waals surface area contributed by atoms with Gasteiger partial charge < -0.3 is 21.1 Å². The van der Waals surface area contributed by atoms with E-state index >= 15 is 0 Å². The molecule has 1 heterocycles. The first-order valence-electron chi connectivity index (χ1n) is 5.92. The van der Waals surface area contributed by atoms with Crippen molar-refractivity contribution in [2.75, 3.05) is 30.8 Å². The number of aromatic nitrogens is 1. The van der Waals surface area contributed by atoms with Gasteiger partial charge in [0.25, 0.3) is 0 Å². The van der Waals surface area contributed by atoms with E-state index in [0.29, 0.717) is 23.9 Å². The van der Waals surface area contributed by atoms with E-state index in [4.69, 9.17) is 16.2 Å². The second kappa shape index (κ2) is 6.68. The standard InChI is InChI=1S/C12H20N4O2/c1-3-4-7-16(8-10(14)17)12-9(13)5-6-11(15-12)18-2/h5-6H,3-4,7-8,13H2,1-2H3,(H2,14,17). The van der Waals surface area contributed by atoms with E-state index < -0.39 is 5.91 Å². The van der Waals surface area contributed by atoms with Crippen molar-refractivity contribution in [2.45, 2.75) is 19.8 Å². The van der Waals surface area contributed by atoms with Gasteiger partial charge in [-0.15, -0.1) is 0 Å². The summed E-state index contributed by atoms with van der Waals surface area (Å²) in [4.78, 5) is 17.1. The second-order valence-corrected chi connectivity index (χ2v) is 4.01. The SMILES string of the molecule is CCCCN(CC(N)=O)c1nc(OC)ccc1N. The highest BCUT2D eigenvalue weighted by molar-refractivity contribution is 5.80. The maximum absolute atomic E-state index is 11.1. The summed E-state index contributed by atoms with van der Waals surface area (Å²) in [6.45, 7) is 2.86. The molecule has 0 unspecified atom stereocenters. The molecule has 0 bridgehead atoms. The molecule has 0 aliphatic carbocycles. The largest absolute Gasteiger partial charge is 0.481 e. The fraction of sp³-hybridized carbons (Fsp3) is 0.500. The van der Waals surface area contributed by atoms with Gasteiger partial charge in [-0.25, -0.2) is 0 Å². The van der Waals surface area contributed by atoms with Crippen molar-refractivity contribution in [1.82, 2.24) is 4.98 Å². The molecule has 1 aromatic heterocycles. The fourth-order valence-electron chi connectivity index (χ4n) is 1.61. The summed E-state index contributed by atoms with van der Waals surface area (Å²) < 4.78 is 5.06. The number of hydrogen-bond acceptors (Lipinski definition) is 5. The van der Waals surface area contributed by atoms with Crippen molar-refractivity contribution in [3.05, 3.63) is 12.1 Å². The highest BCUT2D eigenvalue weighted by Gasteiger charge is 2.14. The maximum atomic E-state index is 11.1. The minimum Gasteiger partial charge on any atom is -0.481 e. The number of pyridine rings is 1. The monoisotopic (exact) mass is 252 g/mol. The van der Waals surface area contributed by atoms with Crippen molar-refractivity contribution >= 4 is 17.4 Å². The van der Waals surface area contributed by atoms with Crippen molar-refractivity contribution in [3.8, 4) is 5.88 Å². The van der Waals surface area contributed by atoms with Crippen LogP contribution in [0.4, 0.5) is 11.5 Å². The lowest BCUT2D eigenvalue weighted by atomic mass is 10.3. The average molecular weight is 252 g/mol. The Labute approximate surface area is 107 Å². The van der Waals surface area contributed by atoms with Crippen LogP contribution >= 0.6 is 0 Å². The third kappa shape index (κ3) is 3.80. The van der Waals surface area contributed by atoms with Crippen LogP contribution in [0.5, 0.6) is 5.88 Å². The number of nitrogen functional groups attached to an aromatic ring is 1. The lowest BCUT2D eigenvalue weighted by Crippen LogP contribution is -2.35. The van der Waals surface area contributed by atoms with E-state index in [1.165, 1.54) is 7.11 Å². The van der Waals surface area contributed by atoms with Crippen LogP contribution in [-0.2, 0) is 4.79 Å². The lowest BCUT2D eigenvalue weighted by Gasteiger charge is -2.23. The molecular weight excluding hydrogens is 232 g/mol. The summed E-state index contributed by atoms with van der Waals surface area (Å²) in [6, 6.07) is 3.39. The summed E-state index contributed by atoms with van der Waals surface area (Å²) >= 11 is 0. The van der Waals surface area contributed by atoms with E-state index in [9.17, 15) is 4.79 Å². The Balaban J connectivity index is 2.98. The van der Waals surface area contributed by atoms with Crippen LogP contribution in [0.3, 0.4) is 0 Å². The Morgan fingerprint density at radius 1 is 1.50 bits per heavy atom. The van der Waals surface area contributed by atoms with Gasteiger partial charge >= 0.3 is 0 Å². The van der Waals surface area contributed by atoms with Gasteiger partial charge in [0.15, 0.2) is 5.82 Å². The molecule has 6 heteroatoms. The number of nitrogens with two attached hydrogens (primary N) is 2. The maximum Gasteiger partial charge on any atom is 0.236 e. The fourth-order valence-corrected chi connectivity index (χ4v) is 1.61. The Bertz CT molecular complexity index is 409. The van der Waals surface area contributed by atoms with Gasteiger partial charge in [-0.2, -0.15) is 4.98 Å². The smallest absolute Gasteiger partial charge is 0.236 e. The number of amides is 1. The molecule has 6 nitrogen and oxygen atoms in total. The first kappa shape index (κ1) is 14.1. The minimum absolute atomic E-state index is 0.102. The predicted octanol–water partition coefficient (Wildman–Crippen LogP) is 0.764. The molecule has 4 N–H and O–H groups in total. The van der Waals surface area contributed by atoms with Crippen LogP contribution in [0.1, 0.15) is 19.8 Å². The number of primary amides is 1. The molecule has 0 atom stereocenters. The number of rotatable bonds is 7. The zero-order valence-electron chi connectivity index (χ0n) is 10.8. The number of carbonyl (C=O) groups is 1. The molecule has 0 aromatic carbocycles. The number of anilines is 2. The normalized spacial score (nSPS) is 10.1. The average Bonchev–Trinajstić information content (AvgIpc) is 2.35. The van der Waals surface area contributed by atoms with Crippen molar-refractivity contribution in [2.24, 2.45) is 5.73 Å². The first-order valence-corrected chi connectivity index (χ1v) is 5.92. The summed E-state index contributed by atoms with van der Waals surface area (Å²) in [7, 11) is 1.53. The Hall–Kier alpha value is -1.98. The number of nitrogens with zero attached hydrogens (tertiary/aromatic N) is 2. The molecular formula is C12H20N4O2. The number of methoxy groups -OCH3 is 1. The van der Waals surface area contributed by atoms with Crippen LogP contribution in [-0.4, -0.2) is 31.1 Å². The van der Waals surface area contributed by atoms with Gasteiger partial charge in [-0.1, -0.05) is 13.3 Å². The topological polar surface area (TPSA) is 94.5 Å². The number of unbranched alkanes of at least 4 members (excludes halogenated alkanes) is 1. The van der Waals surface area contributed by atoms with E-state index in [0.717, 1.165) is 12.8 Å². The van der Waals surface area contributed by atoms with E-state index in [1.807, 2.05) is 0 Å². The zero-order valence-corrected chi connectivity index (χ0v) is 10.8. The van der Waals surface area contributed by atoms with Gasteiger partial charge in [0.05, 0.1) is 19.3 Å². The molecule has 1 rings (SSSR count). The first-order chi connectivity index (χ1) is 8.58.